The Balaban J connectivity index is 2.19. The molecule has 1 aromatic heterocycles. The molecule has 0 N–H and O–H groups in total. The van der Waals surface area contributed by atoms with Crippen molar-refractivity contribution in [2.45, 2.75) is 13.5 Å². The molecule has 0 unspecified atom stereocenters. The van der Waals surface area contributed by atoms with Crippen molar-refractivity contribution >= 4 is 23.5 Å². The van der Waals surface area contributed by atoms with Gasteiger partial charge in [0.15, 0.2) is 0 Å². The molecule has 1 heterocycles. The van der Waals surface area contributed by atoms with Crippen molar-refractivity contribution in [1.82, 2.24) is 9.88 Å². The lowest BCUT2D eigenvalue weighted by Gasteiger charge is -2.21. The molecule has 0 aliphatic rings. The molecule has 6 heteroatoms. The molecule has 0 atom stereocenters. The molecule has 120 valence electrons. The Morgan fingerprint density at radius 3 is 2.52 bits per heavy atom. The lowest BCUT2D eigenvalue weighted by molar-refractivity contribution is -0.143. The summed E-state index contributed by atoms with van der Waals surface area (Å²) < 4.78 is 4.94. The van der Waals surface area contributed by atoms with Gasteiger partial charge in [-0.05, 0) is 24.6 Å². The molecule has 0 fully saturated rings. The van der Waals surface area contributed by atoms with Crippen LogP contribution >= 0.6 is 11.6 Å². The highest BCUT2D eigenvalue weighted by Crippen LogP contribution is 2.11. The summed E-state index contributed by atoms with van der Waals surface area (Å²) in [6.07, 6.45) is 1.40. The van der Waals surface area contributed by atoms with Gasteiger partial charge in [-0.1, -0.05) is 41.9 Å². The van der Waals surface area contributed by atoms with Crippen LogP contribution in [0.4, 0.5) is 0 Å². The second kappa shape index (κ2) is 8.29. The first-order valence-electron chi connectivity index (χ1n) is 7.20. The Kier molecular flexibility index (Phi) is 6.11. The van der Waals surface area contributed by atoms with Gasteiger partial charge in [-0.2, -0.15) is 0 Å². The Bertz CT molecular complexity index is 659. The summed E-state index contributed by atoms with van der Waals surface area (Å²) in [5.74, 6) is -0.802. The van der Waals surface area contributed by atoms with Crippen LogP contribution in [0.3, 0.4) is 0 Å². The van der Waals surface area contributed by atoms with E-state index in [0.29, 0.717) is 11.6 Å². The summed E-state index contributed by atoms with van der Waals surface area (Å²) in [6.45, 7) is 2.15. The van der Waals surface area contributed by atoms with Gasteiger partial charge in [-0.3, -0.25) is 9.59 Å². The maximum Gasteiger partial charge on any atom is 0.325 e. The fourth-order valence-electron chi connectivity index (χ4n) is 2.03. The van der Waals surface area contributed by atoms with Crippen molar-refractivity contribution in [3.8, 4) is 0 Å². The maximum absolute atomic E-state index is 12.6. The van der Waals surface area contributed by atoms with E-state index in [1.54, 1.807) is 13.0 Å². The number of rotatable bonds is 6. The van der Waals surface area contributed by atoms with E-state index in [1.165, 1.54) is 17.2 Å². The molecule has 0 aliphatic carbocycles. The number of esters is 1. The van der Waals surface area contributed by atoms with Gasteiger partial charge in [0.2, 0.25) is 0 Å². The summed E-state index contributed by atoms with van der Waals surface area (Å²) in [4.78, 5) is 29.8. The minimum Gasteiger partial charge on any atom is -0.465 e. The number of pyridine rings is 1. The Labute approximate surface area is 139 Å². The van der Waals surface area contributed by atoms with Crippen molar-refractivity contribution in [1.29, 1.82) is 0 Å². The number of hydrogen-bond donors (Lipinski definition) is 0. The molecule has 2 rings (SSSR count). The third kappa shape index (κ3) is 5.07. The third-order valence-corrected chi connectivity index (χ3v) is 3.30. The number of halogens is 1. The summed E-state index contributed by atoms with van der Waals surface area (Å²) in [7, 11) is 0. The molecule has 0 saturated carbocycles. The van der Waals surface area contributed by atoms with E-state index in [4.69, 9.17) is 16.3 Å². The quantitative estimate of drug-likeness (QED) is 0.763. The molecule has 0 aliphatic heterocycles. The van der Waals surface area contributed by atoms with E-state index in [1.807, 2.05) is 30.3 Å². The summed E-state index contributed by atoms with van der Waals surface area (Å²) >= 11 is 5.79. The Morgan fingerprint density at radius 2 is 1.91 bits per heavy atom. The van der Waals surface area contributed by atoms with Crippen LogP contribution in [0.1, 0.15) is 23.0 Å². The van der Waals surface area contributed by atoms with Crippen LogP contribution in [-0.2, 0) is 16.1 Å². The van der Waals surface area contributed by atoms with Gasteiger partial charge >= 0.3 is 5.97 Å². The first kappa shape index (κ1) is 17.0. The minimum absolute atomic E-state index is 0.133. The lowest BCUT2D eigenvalue weighted by atomic mass is 10.2. The zero-order valence-electron chi connectivity index (χ0n) is 12.7. The molecular weight excluding hydrogens is 316 g/mol. The largest absolute Gasteiger partial charge is 0.465 e. The van der Waals surface area contributed by atoms with Crippen LogP contribution in [0, 0.1) is 0 Å². The van der Waals surface area contributed by atoms with Gasteiger partial charge in [-0.15, -0.1) is 0 Å². The first-order valence-corrected chi connectivity index (χ1v) is 7.58. The molecule has 1 aromatic carbocycles. The average molecular weight is 333 g/mol. The molecule has 23 heavy (non-hydrogen) atoms. The standard InChI is InChI=1S/C17H17ClN2O3/c1-2-23-16(21)12-20(11-13-6-4-3-5-7-13)17(22)15-9-8-14(18)10-19-15/h3-10H,2,11-12H2,1H3. The second-order valence-electron chi connectivity index (χ2n) is 4.81. The monoisotopic (exact) mass is 332 g/mol. The van der Waals surface area contributed by atoms with Gasteiger partial charge < -0.3 is 9.64 Å². The van der Waals surface area contributed by atoms with Crippen molar-refractivity contribution in [3.05, 3.63) is 64.9 Å². The van der Waals surface area contributed by atoms with Crippen molar-refractivity contribution in [2.24, 2.45) is 0 Å². The fraction of sp³-hybridized carbons (Fsp3) is 0.235. The molecule has 0 radical (unpaired) electrons. The van der Waals surface area contributed by atoms with Crippen molar-refractivity contribution < 1.29 is 14.3 Å². The number of nitrogens with zero attached hydrogens (tertiary/aromatic N) is 2. The number of aromatic nitrogens is 1. The average Bonchev–Trinajstić information content (AvgIpc) is 2.55. The fourth-order valence-corrected chi connectivity index (χ4v) is 2.14. The van der Waals surface area contributed by atoms with Gasteiger partial charge in [-0.25, -0.2) is 4.98 Å². The third-order valence-electron chi connectivity index (χ3n) is 3.08. The van der Waals surface area contributed by atoms with Crippen LogP contribution in [-0.4, -0.2) is 34.9 Å². The first-order chi connectivity index (χ1) is 11.1. The van der Waals surface area contributed by atoms with E-state index in [-0.39, 0.29) is 24.8 Å². The van der Waals surface area contributed by atoms with Crippen LogP contribution in [0.15, 0.2) is 48.7 Å². The number of ether oxygens (including phenoxy) is 1. The highest BCUT2D eigenvalue weighted by atomic mass is 35.5. The number of amides is 1. The topological polar surface area (TPSA) is 59.5 Å². The van der Waals surface area contributed by atoms with E-state index >= 15 is 0 Å². The minimum atomic E-state index is -0.453. The van der Waals surface area contributed by atoms with Crippen LogP contribution in [0.5, 0.6) is 0 Å². The van der Waals surface area contributed by atoms with Crippen molar-refractivity contribution in [3.63, 3.8) is 0 Å². The lowest BCUT2D eigenvalue weighted by Crippen LogP contribution is -2.36. The molecule has 1 amide bonds. The van der Waals surface area contributed by atoms with Gasteiger partial charge in [0.05, 0.1) is 11.6 Å². The Hall–Kier alpha value is -2.40. The van der Waals surface area contributed by atoms with E-state index in [2.05, 4.69) is 4.98 Å². The number of carbonyl (C=O) groups is 2. The highest BCUT2D eigenvalue weighted by molar-refractivity contribution is 6.30. The van der Waals surface area contributed by atoms with Crippen LogP contribution < -0.4 is 0 Å². The molecular formula is C17H17ClN2O3. The summed E-state index contributed by atoms with van der Waals surface area (Å²) in [5, 5.41) is 0.446. The highest BCUT2D eigenvalue weighted by Gasteiger charge is 2.21. The van der Waals surface area contributed by atoms with Crippen molar-refractivity contribution in [2.75, 3.05) is 13.2 Å². The SMILES string of the molecule is CCOC(=O)CN(Cc1ccccc1)C(=O)c1ccc(Cl)cn1. The molecule has 5 nitrogen and oxygen atoms in total. The number of hydrogen-bond acceptors (Lipinski definition) is 4. The molecule has 0 bridgehead atoms. The summed E-state index contributed by atoms with van der Waals surface area (Å²) in [6, 6.07) is 12.6. The summed E-state index contributed by atoms with van der Waals surface area (Å²) in [5.41, 5.74) is 1.15. The number of benzene rings is 1. The molecule has 0 saturated heterocycles. The van der Waals surface area contributed by atoms with Gasteiger partial charge in [0.1, 0.15) is 12.2 Å². The Morgan fingerprint density at radius 1 is 1.17 bits per heavy atom. The predicted octanol–water partition coefficient (Wildman–Crippen LogP) is 2.94. The van der Waals surface area contributed by atoms with E-state index in [9.17, 15) is 9.59 Å². The normalized spacial score (nSPS) is 10.2. The smallest absolute Gasteiger partial charge is 0.325 e. The molecule has 0 spiro atoms. The second-order valence-corrected chi connectivity index (χ2v) is 5.25. The zero-order chi connectivity index (χ0) is 16.7. The molecule has 2 aromatic rings. The van der Waals surface area contributed by atoms with E-state index < -0.39 is 5.97 Å². The van der Waals surface area contributed by atoms with E-state index in [0.717, 1.165) is 5.56 Å². The van der Waals surface area contributed by atoms with Crippen LogP contribution in [0.2, 0.25) is 5.02 Å². The van der Waals surface area contributed by atoms with Gasteiger partial charge in [0.25, 0.3) is 5.91 Å². The van der Waals surface area contributed by atoms with Crippen LogP contribution in [0.25, 0.3) is 0 Å². The maximum atomic E-state index is 12.6. The predicted molar refractivity (Wildman–Crippen MR) is 87.1 cm³/mol. The zero-order valence-corrected chi connectivity index (χ0v) is 13.5. The number of carbonyl (C=O) groups excluding carboxylic acids is 2. The van der Waals surface area contributed by atoms with Gasteiger partial charge in [0, 0.05) is 12.7 Å².